The average Bonchev–Trinajstić information content (AvgIpc) is 2.15. The highest BCUT2D eigenvalue weighted by atomic mass is 16.5. The SMILES string of the molecule is CC[C@H]1O[C@@H](CO)C(O)[C@@H](C)C1O. The lowest BCUT2D eigenvalue weighted by Crippen LogP contribution is -2.54. The molecule has 0 aromatic rings. The highest BCUT2D eigenvalue weighted by molar-refractivity contribution is 4.88. The predicted octanol–water partition coefficient (Wildman–Crippen LogP) is -0.486. The van der Waals surface area contributed by atoms with Crippen molar-refractivity contribution in [1.82, 2.24) is 0 Å². The Balaban J connectivity index is 2.66. The molecule has 5 atom stereocenters. The summed E-state index contributed by atoms with van der Waals surface area (Å²) in [6.07, 6.45) is -1.54. The number of rotatable bonds is 2. The van der Waals surface area contributed by atoms with E-state index in [1.807, 2.05) is 6.92 Å². The van der Waals surface area contributed by atoms with Crippen molar-refractivity contribution in [2.24, 2.45) is 5.92 Å². The second kappa shape index (κ2) is 4.37. The normalized spacial score (nSPS) is 46.4. The van der Waals surface area contributed by atoms with Gasteiger partial charge in [0.15, 0.2) is 0 Å². The fourth-order valence-electron chi connectivity index (χ4n) is 1.75. The smallest absolute Gasteiger partial charge is 0.107 e. The molecule has 1 aliphatic heterocycles. The largest absolute Gasteiger partial charge is 0.394 e. The Morgan fingerprint density at radius 1 is 1.15 bits per heavy atom. The summed E-state index contributed by atoms with van der Waals surface area (Å²) in [6, 6.07) is 0. The highest BCUT2D eigenvalue weighted by Gasteiger charge is 2.40. The van der Waals surface area contributed by atoms with Crippen LogP contribution >= 0.6 is 0 Å². The standard InChI is InChI=1S/C9H18O4/c1-3-6-8(11)5(2)9(12)7(4-10)13-6/h5-12H,3-4H2,1-2H3/t5-,6+,7-,8?,9?/m0/s1. The van der Waals surface area contributed by atoms with Crippen LogP contribution in [0, 0.1) is 5.92 Å². The van der Waals surface area contributed by atoms with Gasteiger partial charge in [0.1, 0.15) is 6.10 Å². The van der Waals surface area contributed by atoms with E-state index in [9.17, 15) is 10.2 Å². The fraction of sp³-hybridized carbons (Fsp3) is 1.00. The van der Waals surface area contributed by atoms with Gasteiger partial charge in [-0.15, -0.1) is 0 Å². The van der Waals surface area contributed by atoms with Crippen molar-refractivity contribution in [3.8, 4) is 0 Å². The van der Waals surface area contributed by atoms with Gasteiger partial charge in [-0.1, -0.05) is 13.8 Å². The molecule has 1 fully saturated rings. The maximum atomic E-state index is 9.65. The van der Waals surface area contributed by atoms with Gasteiger partial charge in [0.05, 0.1) is 24.9 Å². The van der Waals surface area contributed by atoms with E-state index in [4.69, 9.17) is 9.84 Å². The quantitative estimate of drug-likeness (QED) is 0.550. The molecular formula is C9H18O4. The molecule has 1 heterocycles. The van der Waals surface area contributed by atoms with Crippen LogP contribution in [-0.4, -0.2) is 46.3 Å². The summed E-state index contributed by atoms with van der Waals surface area (Å²) in [5.41, 5.74) is 0. The van der Waals surface area contributed by atoms with Crippen molar-refractivity contribution in [2.75, 3.05) is 6.61 Å². The first-order chi connectivity index (χ1) is 6.11. The van der Waals surface area contributed by atoms with Crippen LogP contribution in [0.1, 0.15) is 20.3 Å². The summed E-state index contributed by atoms with van der Waals surface area (Å²) in [4.78, 5) is 0. The zero-order valence-corrected chi connectivity index (χ0v) is 8.05. The Morgan fingerprint density at radius 2 is 1.69 bits per heavy atom. The van der Waals surface area contributed by atoms with Crippen molar-refractivity contribution in [3.63, 3.8) is 0 Å². The molecule has 0 amide bonds. The zero-order chi connectivity index (χ0) is 10.0. The molecule has 78 valence electrons. The Labute approximate surface area is 78.1 Å². The van der Waals surface area contributed by atoms with E-state index in [1.54, 1.807) is 6.92 Å². The molecule has 1 rings (SSSR count). The van der Waals surface area contributed by atoms with Gasteiger partial charge in [-0.05, 0) is 6.42 Å². The lowest BCUT2D eigenvalue weighted by Gasteiger charge is -2.40. The van der Waals surface area contributed by atoms with Gasteiger partial charge in [-0.2, -0.15) is 0 Å². The van der Waals surface area contributed by atoms with Crippen LogP contribution in [0.15, 0.2) is 0 Å². The van der Waals surface area contributed by atoms with Crippen LogP contribution in [-0.2, 0) is 4.74 Å². The first kappa shape index (κ1) is 10.9. The Bertz CT molecular complexity index is 142. The van der Waals surface area contributed by atoms with Gasteiger partial charge >= 0.3 is 0 Å². The summed E-state index contributed by atoms with van der Waals surface area (Å²) in [6.45, 7) is 3.48. The fourth-order valence-corrected chi connectivity index (χ4v) is 1.75. The maximum Gasteiger partial charge on any atom is 0.107 e. The molecule has 1 saturated heterocycles. The summed E-state index contributed by atoms with van der Waals surface area (Å²) >= 11 is 0. The third-order valence-electron chi connectivity index (χ3n) is 2.77. The number of ether oxygens (including phenoxy) is 1. The summed E-state index contributed by atoms with van der Waals surface area (Å²) in [5, 5.41) is 28.1. The second-order valence-corrected chi connectivity index (χ2v) is 3.64. The van der Waals surface area contributed by atoms with E-state index in [2.05, 4.69) is 0 Å². The van der Waals surface area contributed by atoms with Crippen molar-refractivity contribution in [1.29, 1.82) is 0 Å². The number of hydrogen-bond acceptors (Lipinski definition) is 4. The van der Waals surface area contributed by atoms with Crippen LogP contribution < -0.4 is 0 Å². The molecule has 4 nitrogen and oxygen atoms in total. The van der Waals surface area contributed by atoms with Crippen molar-refractivity contribution in [3.05, 3.63) is 0 Å². The van der Waals surface area contributed by atoms with Crippen LogP contribution in [0.3, 0.4) is 0 Å². The molecular weight excluding hydrogens is 172 g/mol. The highest BCUT2D eigenvalue weighted by Crippen LogP contribution is 2.26. The molecule has 0 saturated carbocycles. The summed E-state index contributed by atoms with van der Waals surface area (Å²) in [5.74, 6) is -0.240. The topological polar surface area (TPSA) is 69.9 Å². The van der Waals surface area contributed by atoms with Crippen LogP contribution in [0.5, 0.6) is 0 Å². The molecule has 3 N–H and O–H groups in total. The lowest BCUT2D eigenvalue weighted by atomic mass is 9.87. The van der Waals surface area contributed by atoms with Crippen LogP contribution in [0.4, 0.5) is 0 Å². The molecule has 0 spiro atoms. The van der Waals surface area contributed by atoms with Crippen LogP contribution in [0.2, 0.25) is 0 Å². The van der Waals surface area contributed by atoms with E-state index in [0.29, 0.717) is 6.42 Å². The van der Waals surface area contributed by atoms with Gasteiger partial charge in [0.25, 0.3) is 0 Å². The molecule has 4 heteroatoms. The molecule has 0 aromatic carbocycles. The van der Waals surface area contributed by atoms with Crippen molar-refractivity contribution in [2.45, 2.75) is 44.7 Å². The zero-order valence-electron chi connectivity index (χ0n) is 8.05. The predicted molar refractivity (Wildman–Crippen MR) is 47.2 cm³/mol. The minimum Gasteiger partial charge on any atom is -0.394 e. The average molecular weight is 190 g/mol. The first-order valence-corrected chi connectivity index (χ1v) is 4.74. The van der Waals surface area contributed by atoms with E-state index in [-0.39, 0.29) is 18.6 Å². The Kier molecular flexibility index (Phi) is 3.67. The maximum absolute atomic E-state index is 9.65. The molecule has 13 heavy (non-hydrogen) atoms. The number of hydrogen-bond donors (Lipinski definition) is 3. The minimum absolute atomic E-state index is 0.200. The Morgan fingerprint density at radius 3 is 2.15 bits per heavy atom. The van der Waals surface area contributed by atoms with Gasteiger partial charge in [0.2, 0.25) is 0 Å². The summed E-state index contributed by atoms with van der Waals surface area (Å²) < 4.78 is 5.33. The molecule has 0 aliphatic carbocycles. The van der Waals surface area contributed by atoms with E-state index in [0.717, 1.165) is 0 Å². The molecule has 0 aromatic heterocycles. The van der Waals surface area contributed by atoms with Gasteiger partial charge < -0.3 is 20.1 Å². The monoisotopic (exact) mass is 190 g/mol. The Hall–Kier alpha value is -0.160. The second-order valence-electron chi connectivity index (χ2n) is 3.64. The van der Waals surface area contributed by atoms with Crippen molar-refractivity contribution < 1.29 is 20.1 Å². The summed E-state index contributed by atoms with van der Waals surface area (Å²) in [7, 11) is 0. The van der Waals surface area contributed by atoms with Crippen molar-refractivity contribution >= 4 is 0 Å². The number of aliphatic hydroxyl groups is 3. The molecule has 0 bridgehead atoms. The van der Waals surface area contributed by atoms with E-state index in [1.165, 1.54) is 0 Å². The van der Waals surface area contributed by atoms with E-state index < -0.39 is 18.3 Å². The molecule has 2 unspecified atom stereocenters. The van der Waals surface area contributed by atoms with Gasteiger partial charge in [0, 0.05) is 5.92 Å². The molecule has 0 radical (unpaired) electrons. The van der Waals surface area contributed by atoms with Gasteiger partial charge in [-0.3, -0.25) is 0 Å². The number of aliphatic hydroxyl groups excluding tert-OH is 3. The third-order valence-corrected chi connectivity index (χ3v) is 2.77. The molecule has 1 aliphatic rings. The van der Waals surface area contributed by atoms with Gasteiger partial charge in [-0.25, -0.2) is 0 Å². The third kappa shape index (κ3) is 2.02. The lowest BCUT2D eigenvalue weighted by molar-refractivity contribution is -0.205. The van der Waals surface area contributed by atoms with Crippen LogP contribution in [0.25, 0.3) is 0 Å². The van der Waals surface area contributed by atoms with E-state index >= 15 is 0 Å². The first-order valence-electron chi connectivity index (χ1n) is 4.74. The minimum atomic E-state index is -0.775.